The maximum absolute atomic E-state index is 11.5. The second kappa shape index (κ2) is 4.00. The molecule has 0 N–H and O–H groups in total. The van der Waals surface area contributed by atoms with Crippen molar-refractivity contribution in [1.82, 2.24) is 4.90 Å². The Kier molecular flexibility index (Phi) is 3.28. The van der Waals surface area contributed by atoms with Crippen LogP contribution in [-0.2, 0) is 14.6 Å². The van der Waals surface area contributed by atoms with Crippen molar-refractivity contribution in [3.63, 3.8) is 0 Å². The number of nitrogens with zero attached hydrogens (tertiary/aromatic N) is 1. The van der Waals surface area contributed by atoms with Gasteiger partial charge in [0.2, 0.25) is 0 Å². The SMILES string of the molecule is CC(C)(C)OC(=O)N1CCCS(=O)(=O)C1. The van der Waals surface area contributed by atoms with Gasteiger partial charge in [0.05, 0.1) is 5.75 Å². The van der Waals surface area contributed by atoms with Crippen LogP contribution in [0.1, 0.15) is 27.2 Å². The van der Waals surface area contributed by atoms with Gasteiger partial charge in [-0.15, -0.1) is 0 Å². The van der Waals surface area contributed by atoms with E-state index in [0.29, 0.717) is 13.0 Å². The van der Waals surface area contributed by atoms with Crippen LogP contribution >= 0.6 is 0 Å². The van der Waals surface area contributed by atoms with Gasteiger partial charge in [-0.25, -0.2) is 13.2 Å². The first-order valence-electron chi connectivity index (χ1n) is 4.88. The van der Waals surface area contributed by atoms with Gasteiger partial charge in [-0.05, 0) is 27.2 Å². The maximum atomic E-state index is 11.5. The average Bonchev–Trinajstić information content (AvgIpc) is 1.99. The Balaban J connectivity index is 2.61. The van der Waals surface area contributed by atoms with Gasteiger partial charge in [-0.1, -0.05) is 0 Å². The molecule has 0 aromatic heterocycles. The summed E-state index contributed by atoms with van der Waals surface area (Å²) < 4.78 is 27.7. The Hall–Kier alpha value is -0.780. The standard InChI is InChI=1S/C9H17NO4S/c1-9(2,3)14-8(11)10-5-4-6-15(12,13)7-10/h4-7H2,1-3H3. The van der Waals surface area contributed by atoms with Crippen molar-refractivity contribution < 1.29 is 17.9 Å². The van der Waals surface area contributed by atoms with Gasteiger partial charge in [0.15, 0.2) is 9.84 Å². The third-order valence-electron chi connectivity index (χ3n) is 1.89. The Morgan fingerprint density at radius 2 is 1.93 bits per heavy atom. The highest BCUT2D eigenvalue weighted by Crippen LogP contribution is 2.14. The molecule has 0 unspecified atom stereocenters. The number of rotatable bonds is 0. The molecule has 6 heteroatoms. The molecule has 15 heavy (non-hydrogen) atoms. The fourth-order valence-electron chi connectivity index (χ4n) is 1.31. The van der Waals surface area contributed by atoms with Crippen LogP contribution in [0.4, 0.5) is 4.79 Å². The number of hydrogen-bond acceptors (Lipinski definition) is 4. The third kappa shape index (κ3) is 4.07. The molecule has 0 bridgehead atoms. The first kappa shape index (κ1) is 12.3. The number of hydrogen-bond donors (Lipinski definition) is 0. The smallest absolute Gasteiger partial charge is 0.411 e. The van der Waals surface area contributed by atoms with Crippen molar-refractivity contribution in [2.75, 3.05) is 18.2 Å². The van der Waals surface area contributed by atoms with Crippen molar-refractivity contribution in [3.8, 4) is 0 Å². The van der Waals surface area contributed by atoms with E-state index in [9.17, 15) is 13.2 Å². The average molecular weight is 235 g/mol. The van der Waals surface area contributed by atoms with E-state index in [1.54, 1.807) is 20.8 Å². The van der Waals surface area contributed by atoms with Crippen LogP contribution in [0.25, 0.3) is 0 Å². The van der Waals surface area contributed by atoms with Crippen LogP contribution < -0.4 is 0 Å². The molecule has 0 radical (unpaired) electrons. The summed E-state index contributed by atoms with van der Waals surface area (Å²) in [5.74, 6) is -0.0613. The molecule has 0 aromatic rings. The zero-order valence-corrected chi connectivity index (χ0v) is 10.1. The zero-order valence-electron chi connectivity index (χ0n) is 9.32. The molecule has 1 saturated heterocycles. The van der Waals surface area contributed by atoms with Crippen LogP contribution in [0, 0.1) is 0 Å². The molecule has 1 aliphatic heterocycles. The van der Waals surface area contributed by atoms with E-state index >= 15 is 0 Å². The van der Waals surface area contributed by atoms with Gasteiger partial charge in [-0.3, -0.25) is 4.90 Å². The minimum atomic E-state index is -3.11. The molecule has 0 atom stereocenters. The summed E-state index contributed by atoms with van der Waals surface area (Å²) in [4.78, 5) is 12.8. The van der Waals surface area contributed by atoms with E-state index < -0.39 is 21.5 Å². The highest BCUT2D eigenvalue weighted by Gasteiger charge is 2.29. The second-order valence-electron chi connectivity index (χ2n) is 4.67. The van der Waals surface area contributed by atoms with Crippen LogP contribution in [-0.4, -0.2) is 43.2 Å². The molecule has 0 aliphatic carbocycles. The topological polar surface area (TPSA) is 63.7 Å². The van der Waals surface area contributed by atoms with Crippen molar-refractivity contribution >= 4 is 15.9 Å². The molecule has 1 aliphatic rings. The third-order valence-corrected chi connectivity index (χ3v) is 3.50. The number of sulfone groups is 1. The molecule has 0 spiro atoms. The summed E-state index contributed by atoms with van der Waals surface area (Å²) in [6, 6.07) is 0. The lowest BCUT2D eigenvalue weighted by Gasteiger charge is -2.29. The predicted octanol–water partition coefficient (Wildman–Crippen LogP) is 1.000. The minimum Gasteiger partial charge on any atom is -0.444 e. The normalized spacial score (nSPS) is 21.1. The van der Waals surface area contributed by atoms with Gasteiger partial charge >= 0.3 is 6.09 Å². The number of carbonyl (C=O) groups excluding carboxylic acids is 1. The van der Waals surface area contributed by atoms with E-state index in [2.05, 4.69) is 0 Å². The van der Waals surface area contributed by atoms with Gasteiger partial charge in [-0.2, -0.15) is 0 Å². The van der Waals surface area contributed by atoms with Crippen LogP contribution in [0.2, 0.25) is 0 Å². The summed E-state index contributed by atoms with van der Waals surface area (Å²) in [5, 5.41) is 0. The van der Waals surface area contributed by atoms with Crippen molar-refractivity contribution in [2.24, 2.45) is 0 Å². The van der Waals surface area contributed by atoms with E-state index in [-0.39, 0.29) is 11.6 Å². The highest BCUT2D eigenvalue weighted by atomic mass is 32.2. The van der Waals surface area contributed by atoms with Crippen LogP contribution in [0.3, 0.4) is 0 Å². The van der Waals surface area contributed by atoms with Gasteiger partial charge in [0.1, 0.15) is 11.5 Å². The van der Waals surface area contributed by atoms with Crippen LogP contribution in [0.5, 0.6) is 0 Å². The molecule has 88 valence electrons. The lowest BCUT2D eigenvalue weighted by atomic mass is 10.2. The second-order valence-corrected chi connectivity index (χ2v) is 6.83. The number of carbonyl (C=O) groups is 1. The first-order valence-corrected chi connectivity index (χ1v) is 6.70. The summed E-state index contributed by atoms with van der Waals surface area (Å²) >= 11 is 0. The van der Waals surface area contributed by atoms with Crippen LogP contribution in [0.15, 0.2) is 0 Å². The summed E-state index contributed by atoms with van der Waals surface area (Å²) in [5.41, 5.74) is -0.585. The number of amides is 1. The molecule has 1 fully saturated rings. The Labute approximate surface area is 90.3 Å². The Morgan fingerprint density at radius 1 is 1.33 bits per heavy atom. The van der Waals surface area contributed by atoms with E-state index in [4.69, 9.17) is 4.74 Å². The molecule has 1 amide bonds. The van der Waals surface area contributed by atoms with Gasteiger partial charge < -0.3 is 4.74 Å². The summed E-state index contributed by atoms with van der Waals surface area (Å²) in [7, 11) is -3.11. The fraction of sp³-hybridized carbons (Fsp3) is 0.889. The van der Waals surface area contributed by atoms with E-state index in [0.717, 1.165) is 0 Å². The number of ether oxygens (including phenoxy) is 1. The molecule has 0 saturated carbocycles. The summed E-state index contributed by atoms with van der Waals surface area (Å²) in [6.07, 6.45) is -0.0625. The summed E-state index contributed by atoms with van der Waals surface area (Å²) in [6.45, 7) is 5.71. The van der Waals surface area contributed by atoms with Gasteiger partial charge in [0.25, 0.3) is 0 Å². The molecule has 0 aromatic carbocycles. The lowest BCUT2D eigenvalue weighted by molar-refractivity contribution is 0.0276. The van der Waals surface area contributed by atoms with Gasteiger partial charge in [0, 0.05) is 6.54 Å². The molecule has 1 heterocycles. The highest BCUT2D eigenvalue weighted by molar-refractivity contribution is 7.91. The molecular formula is C9H17NO4S. The maximum Gasteiger partial charge on any atom is 0.411 e. The lowest BCUT2D eigenvalue weighted by Crippen LogP contribution is -2.44. The fourth-order valence-corrected chi connectivity index (χ4v) is 2.72. The van der Waals surface area contributed by atoms with E-state index in [1.165, 1.54) is 4.90 Å². The largest absolute Gasteiger partial charge is 0.444 e. The van der Waals surface area contributed by atoms with Crippen molar-refractivity contribution in [2.45, 2.75) is 32.8 Å². The Morgan fingerprint density at radius 3 is 2.40 bits per heavy atom. The Bertz CT molecular complexity index is 342. The zero-order chi connectivity index (χ0) is 11.7. The molecule has 1 rings (SSSR count). The molecular weight excluding hydrogens is 218 g/mol. The minimum absolute atomic E-state index is 0.159. The first-order chi connectivity index (χ1) is 6.70. The van der Waals surface area contributed by atoms with E-state index in [1.807, 2.05) is 0 Å². The monoisotopic (exact) mass is 235 g/mol. The van der Waals surface area contributed by atoms with Crippen molar-refractivity contribution in [1.29, 1.82) is 0 Å². The molecule has 5 nitrogen and oxygen atoms in total. The predicted molar refractivity (Wildman–Crippen MR) is 56.2 cm³/mol. The van der Waals surface area contributed by atoms with Crippen molar-refractivity contribution in [3.05, 3.63) is 0 Å². The quantitative estimate of drug-likeness (QED) is 0.628.